The summed E-state index contributed by atoms with van der Waals surface area (Å²) in [6.07, 6.45) is 2.32. The van der Waals surface area contributed by atoms with Crippen molar-refractivity contribution >= 4 is 28.9 Å². The van der Waals surface area contributed by atoms with Crippen molar-refractivity contribution in [2.24, 2.45) is 5.41 Å². The zero-order chi connectivity index (χ0) is 16.9. The molecule has 2 N–H and O–H groups in total. The zero-order valence-corrected chi connectivity index (χ0v) is 14.7. The Kier molecular flexibility index (Phi) is 5.96. The Morgan fingerprint density at radius 1 is 1.43 bits per heavy atom. The van der Waals surface area contributed by atoms with Crippen molar-refractivity contribution < 1.29 is 14.3 Å². The molecule has 1 aliphatic rings. The van der Waals surface area contributed by atoms with Crippen LogP contribution in [0.5, 0.6) is 5.75 Å². The number of hydrogen-bond donors (Lipinski definition) is 2. The fourth-order valence-electron chi connectivity index (χ4n) is 2.08. The number of carbonyl (C=O) groups is 1. The molecule has 1 heterocycles. The van der Waals surface area contributed by atoms with Crippen LogP contribution in [-0.4, -0.2) is 30.3 Å². The number of hydrogen-bond acceptors (Lipinski definition) is 4. The summed E-state index contributed by atoms with van der Waals surface area (Å²) in [6.45, 7) is 6.88. The minimum absolute atomic E-state index is 0.124. The van der Waals surface area contributed by atoms with Crippen molar-refractivity contribution in [3.05, 3.63) is 24.3 Å². The first kappa shape index (κ1) is 17.7. The summed E-state index contributed by atoms with van der Waals surface area (Å²) in [7, 11) is 0. The van der Waals surface area contributed by atoms with E-state index in [1.165, 1.54) is 0 Å². The van der Waals surface area contributed by atoms with Crippen LogP contribution < -0.4 is 15.4 Å². The third-order valence-corrected chi connectivity index (χ3v) is 3.66. The van der Waals surface area contributed by atoms with E-state index in [4.69, 9.17) is 21.7 Å². The van der Waals surface area contributed by atoms with Crippen molar-refractivity contribution in [1.82, 2.24) is 5.32 Å². The van der Waals surface area contributed by atoms with Gasteiger partial charge in [0.1, 0.15) is 12.4 Å². The highest BCUT2D eigenvalue weighted by atomic mass is 32.1. The van der Waals surface area contributed by atoms with E-state index in [0.29, 0.717) is 6.61 Å². The number of anilines is 1. The van der Waals surface area contributed by atoms with Crippen molar-refractivity contribution in [3.8, 4) is 5.75 Å². The van der Waals surface area contributed by atoms with E-state index < -0.39 is 5.41 Å². The summed E-state index contributed by atoms with van der Waals surface area (Å²) >= 11 is 5.17. The number of amides is 1. The number of rotatable bonds is 4. The third-order valence-electron chi connectivity index (χ3n) is 3.46. The molecule has 126 valence electrons. The molecule has 5 nitrogen and oxygen atoms in total. The molecule has 0 radical (unpaired) electrons. The van der Waals surface area contributed by atoms with Gasteiger partial charge in [-0.1, -0.05) is 26.8 Å². The van der Waals surface area contributed by atoms with E-state index in [1.54, 1.807) is 0 Å². The minimum atomic E-state index is -0.488. The Labute approximate surface area is 142 Å². The molecule has 1 saturated heterocycles. The largest absolute Gasteiger partial charge is 0.491 e. The molecule has 1 atom stereocenters. The number of nitrogens with one attached hydrogen (secondary N) is 2. The fourth-order valence-corrected chi connectivity index (χ4v) is 2.29. The van der Waals surface area contributed by atoms with Gasteiger partial charge in [0.2, 0.25) is 5.91 Å². The normalized spacial score (nSPS) is 17.6. The minimum Gasteiger partial charge on any atom is -0.491 e. The highest BCUT2D eigenvalue weighted by molar-refractivity contribution is 7.80. The molecule has 1 fully saturated rings. The first-order valence-electron chi connectivity index (χ1n) is 7.81. The van der Waals surface area contributed by atoms with Gasteiger partial charge >= 0.3 is 0 Å². The second kappa shape index (κ2) is 7.75. The van der Waals surface area contributed by atoms with Crippen molar-refractivity contribution in [2.75, 3.05) is 18.5 Å². The summed E-state index contributed by atoms with van der Waals surface area (Å²) in [5.74, 6) is 0.622. The number of ether oxygens (including phenoxy) is 2. The highest BCUT2D eigenvalue weighted by Crippen LogP contribution is 2.20. The van der Waals surface area contributed by atoms with Crippen molar-refractivity contribution in [3.63, 3.8) is 0 Å². The summed E-state index contributed by atoms with van der Waals surface area (Å²) in [5.41, 5.74) is 0.284. The molecule has 1 aromatic rings. The number of carbonyl (C=O) groups excluding carboxylic acids is 1. The van der Waals surface area contributed by atoms with Crippen LogP contribution in [0.15, 0.2) is 24.3 Å². The Balaban J connectivity index is 1.86. The SMILES string of the molecule is CC(C)(C)C(=O)NC(=S)Nc1cccc(OCC2CCCO2)c1. The molecule has 0 spiro atoms. The van der Waals surface area contributed by atoms with E-state index in [-0.39, 0.29) is 17.1 Å². The molecule has 0 aromatic heterocycles. The maximum atomic E-state index is 11.9. The fraction of sp³-hybridized carbons (Fsp3) is 0.529. The van der Waals surface area contributed by atoms with Gasteiger partial charge in [0.05, 0.1) is 6.10 Å². The lowest BCUT2D eigenvalue weighted by Crippen LogP contribution is -2.41. The summed E-state index contributed by atoms with van der Waals surface area (Å²) in [4.78, 5) is 11.9. The van der Waals surface area contributed by atoms with Gasteiger partial charge in [-0.15, -0.1) is 0 Å². The van der Waals surface area contributed by atoms with Crippen LogP contribution in [0, 0.1) is 5.41 Å². The van der Waals surface area contributed by atoms with Gasteiger partial charge in [0.15, 0.2) is 5.11 Å². The second-order valence-electron chi connectivity index (χ2n) is 6.63. The topological polar surface area (TPSA) is 59.6 Å². The predicted molar refractivity (Wildman–Crippen MR) is 94.7 cm³/mol. The molecule has 1 unspecified atom stereocenters. The molecule has 1 aliphatic heterocycles. The first-order chi connectivity index (χ1) is 10.8. The predicted octanol–water partition coefficient (Wildman–Crippen LogP) is 3.10. The van der Waals surface area contributed by atoms with Crippen LogP contribution in [-0.2, 0) is 9.53 Å². The van der Waals surface area contributed by atoms with Crippen LogP contribution in [0.3, 0.4) is 0 Å². The van der Waals surface area contributed by atoms with Crippen LogP contribution in [0.1, 0.15) is 33.6 Å². The number of thiocarbonyl (C=S) groups is 1. The quantitative estimate of drug-likeness (QED) is 0.828. The molecular formula is C17H24N2O3S. The highest BCUT2D eigenvalue weighted by Gasteiger charge is 2.22. The second-order valence-corrected chi connectivity index (χ2v) is 7.04. The molecular weight excluding hydrogens is 312 g/mol. The Morgan fingerprint density at radius 2 is 2.22 bits per heavy atom. The maximum Gasteiger partial charge on any atom is 0.231 e. The van der Waals surface area contributed by atoms with Crippen LogP contribution >= 0.6 is 12.2 Å². The lowest BCUT2D eigenvalue weighted by Gasteiger charge is -2.19. The summed E-state index contributed by atoms with van der Waals surface area (Å²) in [5, 5.41) is 5.97. The van der Waals surface area contributed by atoms with E-state index >= 15 is 0 Å². The molecule has 0 bridgehead atoms. The molecule has 2 rings (SSSR count). The lowest BCUT2D eigenvalue weighted by molar-refractivity contribution is -0.126. The molecule has 6 heteroatoms. The molecule has 1 amide bonds. The van der Waals surface area contributed by atoms with Gasteiger partial charge in [-0.3, -0.25) is 4.79 Å². The summed E-state index contributed by atoms with van der Waals surface area (Å²) < 4.78 is 11.3. The van der Waals surface area contributed by atoms with Gasteiger partial charge in [-0.05, 0) is 37.2 Å². The maximum absolute atomic E-state index is 11.9. The molecule has 23 heavy (non-hydrogen) atoms. The van der Waals surface area contributed by atoms with Gasteiger partial charge in [0, 0.05) is 23.8 Å². The lowest BCUT2D eigenvalue weighted by atomic mass is 9.96. The molecule has 1 aromatic carbocycles. The average Bonchev–Trinajstić information content (AvgIpc) is 2.97. The average molecular weight is 336 g/mol. The molecule has 0 saturated carbocycles. The standard InChI is InChI=1S/C17H24N2O3S/c1-17(2,3)15(20)19-16(23)18-12-6-4-7-13(10-12)22-11-14-8-5-9-21-14/h4,6-7,10,14H,5,8-9,11H2,1-3H3,(H2,18,19,20,23). The Morgan fingerprint density at radius 3 is 2.87 bits per heavy atom. The van der Waals surface area contributed by atoms with Crippen molar-refractivity contribution in [1.29, 1.82) is 0 Å². The van der Waals surface area contributed by atoms with Crippen molar-refractivity contribution in [2.45, 2.75) is 39.7 Å². The van der Waals surface area contributed by atoms with E-state index in [1.807, 2.05) is 45.0 Å². The van der Waals surface area contributed by atoms with E-state index in [2.05, 4.69) is 10.6 Å². The summed E-state index contributed by atoms with van der Waals surface area (Å²) in [6, 6.07) is 7.48. The van der Waals surface area contributed by atoms with E-state index in [0.717, 1.165) is 30.9 Å². The van der Waals surface area contributed by atoms with Crippen LogP contribution in [0.2, 0.25) is 0 Å². The van der Waals surface area contributed by atoms with Gasteiger partial charge in [0.25, 0.3) is 0 Å². The van der Waals surface area contributed by atoms with E-state index in [9.17, 15) is 4.79 Å². The Hall–Kier alpha value is -1.66. The van der Waals surface area contributed by atoms with Crippen LogP contribution in [0.25, 0.3) is 0 Å². The van der Waals surface area contributed by atoms with Gasteiger partial charge < -0.3 is 20.1 Å². The monoisotopic (exact) mass is 336 g/mol. The van der Waals surface area contributed by atoms with Gasteiger partial charge in [-0.25, -0.2) is 0 Å². The van der Waals surface area contributed by atoms with Crippen LogP contribution in [0.4, 0.5) is 5.69 Å². The smallest absolute Gasteiger partial charge is 0.231 e. The molecule has 0 aliphatic carbocycles. The Bertz CT molecular complexity index is 563. The third kappa shape index (κ3) is 5.80. The first-order valence-corrected chi connectivity index (χ1v) is 8.22. The number of benzene rings is 1. The zero-order valence-electron chi connectivity index (χ0n) is 13.8. The van der Waals surface area contributed by atoms with Gasteiger partial charge in [-0.2, -0.15) is 0 Å².